The standard InChI is InChI=1S/C17H24N4/c1-4-15-16(18-5-2)19-13-20-17(15)21(6-3)12-14-10-8-7-9-11-14/h7-11,13H,4-6,12H2,1-3H3,(H,18,19,20). The molecule has 0 amide bonds. The monoisotopic (exact) mass is 284 g/mol. The first-order chi connectivity index (χ1) is 10.3. The van der Waals surface area contributed by atoms with Crippen molar-refractivity contribution in [1.82, 2.24) is 9.97 Å². The summed E-state index contributed by atoms with van der Waals surface area (Å²) in [5.74, 6) is 1.99. The van der Waals surface area contributed by atoms with E-state index in [-0.39, 0.29) is 0 Å². The minimum Gasteiger partial charge on any atom is -0.370 e. The van der Waals surface area contributed by atoms with Crippen LogP contribution in [0.25, 0.3) is 0 Å². The maximum Gasteiger partial charge on any atom is 0.137 e. The maximum absolute atomic E-state index is 4.53. The van der Waals surface area contributed by atoms with Crippen molar-refractivity contribution in [1.29, 1.82) is 0 Å². The lowest BCUT2D eigenvalue weighted by Gasteiger charge is -2.25. The first-order valence-electron chi connectivity index (χ1n) is 7.66. The minimum absolute atomic E-state index is 0.868. The zero-order valence-corrected chi connectivity index (χ0v) is 13.1. The molecule has 4 heteroatoms. The number of aromatic nitrogens is 2. The molecule has 1 aromatic carbocycles. The highest BCUT2D eigenvalue weighted by atomic mass is 15.2. The van der Waals surface area contributed by atoms with E-state index in [1.807, 2.05) is 6.07 Å². The molecule has 0 aliphatic rings. The summed E-state index contributed by atoms with van der Waals surface area (Å²) in [6.07, 6.45) is 2.57. The van der Waals surface area contributed by atoms with Crippen LogP contribution in [0.4, 0.5) is 11.6 Å². The molecule has 1 N–H and O–H groups in total. The van der Waals surface area contributed by atoms with E-state index < -0.39 is 0 Å². The molecular weight excluding hydrogens is 260 g/mol. The molecule has 0 spiro atoms. The van der Waals surface area contributed by atoms with Crippen LogP contribution < -0.4 is 10.2 Å². The molecule has 0 radical (unpaired) electrons. The number of benzene rings is 1. The van der Waals surface area contributed by atoms with Crippen LogP contribution in [0.1, 0.15) is 31.9 Å². The molecule has 21 heavy (non-hydrogen) atoms. The highest BCUT2D eigenvalue weighted by Gasteiger charge is 2.15. The summed E-state index contributed by atoms with van der Waals surface area (Å²) >= 11 is 0. The Morgan fingerprint density at radius 2 is 1.81 bits per heavy atom. The number of hydrogen-bond donors (Lipinski definition) is 1. The van der Waals surface area contributed by atoms with Crippen molar-refractivity contribution in [3.05, 3.63) is 47.8 Å². The second-order valence-corrected chi connectivity index (χ2v) is 4.91. The van der Waals surface area contributed by atoms with Crippen molar-refractivity contribution in [3.63, 3.8) is 0 Å². The molecule has 0 fully saturated rings. The number of hydrogen-bond acceptors (Lipinski definition) is 4. The fourth-order valence-electron chi connectivity index (χ4n) is 2.46. The molecule has 0 aliphatic carbocycles. The molecular formula is C17H24N4. The van der Waals surface area contributed by atoms with E-state index in [9.17, 15) is 0 Å². The number of rotatable bonds is 7. The summed E-state index contributed by atoms with van der Waals surface area (Å²) in [6.45, 7) is 9.06. The first-order valence-corrected chi connectivity index (χ1v) is 7.66. The third-order valence-corrected chi connectivity index (χ3v) is 3.52. The van der Waals surface area contributed by atoms with E-state index in [0.29, 0.717) is 0 Å². The molecule has 0 saturated carbocycles. The van der Waals surface area contributed by atoms with E-state index in [1.165, 1.54) is 11.1 Å². The topological polar surface area (TPSA) is 41.1 Å². The Balaban J connectivity index is 2.31. The van der Waals surface area contributed by atoms with E-state index in [2.05, 4.69) is 65.2 Å². The van der Waals surface area contributed by atoms with E-state index >= 15 is 0 Å². The van der Waals surface area contributed by atoms with Gasteiger partial charge in [0.1, 0.15) is 18.0 Å². The quantitative estimate of drug-likeness (QED) is 0.845. The van der Waals surface area contributed by atoms with Crippen LogP contribution in [0.2, 0.25) is 0 Å². The zero-order chi connectivity index (χ0) is 15.1. The van der Waals surface area contributed by atoms with Crippen molar-refractivity contribution < 1.29 is 0 Å². The van der Waals surface area contributed by atoms with Crippen LogP contribution in [0.15, 0.2) is 36.7 Å². The van der Waals surface area contributed by atoms with Gasteiger partial charge in [0, 0.05) is 25.2 Å². The van der Waals surface area contributed by atoms with E-state index in [1.54, 1.807) is 6.33 Å². The van der Waals surface area contributed by atoms with Crippen molar-refractivity contribution >= 4 is 11.6 Å². The Hall–Kier alpha value is -2.10. The zero-order valence-electron chi connectivity index (χ0n) is 13.1. The van der Waals surface area contributed by atoms with Gasteiger partial charge in [-0.3, -0.25) is 0 Å². The summed E-state index contributed by atoms with van der Waals surface area (Å²) in [6, 6.07) is 10.5. The molecule has 0 unspecified atom stereocenters. The minimum atomic E-state index is 0.868. The van der Waals surface area contributed by atoms with Crippen molar-refractivity contribution in [2.75, 3.05) is 23.3 Å². The van der Waals surface area contributed by atoms with Gasteiger partial charge in [-0.15, -0.1) is 0 Å². The van der Waals surface area contributed by atoms with E-state index in [4.69, 9.17) is 0 Å². The average Bonchev–Trinajstić information content (AvgIpc) is 2.54. The lowest BCUT2D eigenvalue weighted by Crippen LogP contribution is -2.25. The molecule has 2 rings (SSSR count). The highest BCUT2D eigenvalue weighted by Crippen LogP contribution is 2.25. The van der Waals surface area contributed by atoms with Gasteiger partial charge in [0.2, 0.25) is 0 Å². The number of nitrogens with one attached hydrogen (secondary N) is 1. The Kier molecular flexibility index (Phi) is 5.55. The molecule has 0 bridgehead atoms. The predicted molar refractivity (Wildman–Crippen MR) is 88.7 cm³/mol. The van der Waals surface area contributed by atoms with Crippen LogP contribution in [-0.4, -0.2) is 23.1 Å². The van der Waals surface area contributed by atoms with Crippen LogP contribution in [-0.2, 0) is 13.0 Å². The Morgan fingerprint density at radius 3 is 2.43 bits per heavy atom. The van der Waals surface area contributed by atoms with Crippen LogP contribution >= 0.6 is 0 Å². The van der Waals surface area contributed by atoms with Gasteiger partial charge in [0.05, 0.1) is 0 Å². The van der Waals surface area contributed by atoms with Crippen molar-refractivity contribution in [2.24, 2.45) is 0 Å². The van der Waals surface area contributed by atoms with Crippen LogP contribution in [0, 0.1) is 0 Å². The lowest BCUT2D eigenvalue weighted by molar-refractivity contribution is 0.798. The maximum atomic E-state index is 4.53. The highest BCUT2D eigenvalue weighted by molar-refractivity contribution is 5.58. The molecule has 2 aromatic rings. The molecule has 1 aromatic heterocycles. The van der Waals surface area contributed by atoms with Crippen molar-refractivity contribution in [3.8, 4) is 0 Å². The smallest absolute Gasteiger partial charge is 0.137 e. The normalized spacial score (nSPS) is 10.4. The molecule has 4 nitrogen and oxygen atoms in total. The number of nitrogens with zero attached hydrogens (tertiary/aromatic N) is 3. The average molecular weight is 284 g/mol. The third kappa shape index (κ3) is 3.72. The molecule has 112 valence electrons. The van der Waals surface area contributed by atoms with E-state index in [0.717, 1.165) is 37.7 Å². The molecule has 0 aliphatic heterocycles. The van der Waals surface area contributed by atoms with Gasteiger partial charge >= 0.3 is 0 Å². The summed E-state index contributed by atoms with van der Waals surface area (Å²) in [5, 5.41) is 3.33. The second kappa shape index (κ2) is 7.62. The van der Waals surface area contributed by atoms with Gasteiger partial charge in [0.25, 0.3) is 0 Å². The van der Waals surface area contributed by atoms with Gasteiger partial charge in [0.15, 0.2) is 0 Å². The lowest BCUT2D eigenvalue weighted by atomic mass is 10.1. The Labute approximate surface area is 127 Å². The second-order valence-electron chi connectivity index (χ2n) is 4.91. The summed E-state index contributed by atoms with van der Waals surface area (Å²) in [7, 11) is 0. The van der Waals surface area contributed by atoms with Gasteiger partial charge in [-0.25, -0.2) is 9.97 Å². The molecule has 1 heterocycles. The Bertz CT molecular complexity index is 554. The third-order valence-electron chi connectivity index (χ3n) is 3.52. The van der Waals surface area contributed by atoms with Gasteiger partial charge < -0.3 is 10.2 Å². The SMILES string of the molecule is CCNc1ncnc(N(CC)Cc2ccccc2)c1CC. The molecule has 0 saturated heterocycles. The van der Waals surface area contributed by atoms with Gasteiger partial charge in [-0.2, -0.15) is 0 Å². The summed E-state index contributed by atoms with van der Waals surface area (Å²) in [5.41, 5.74) is 2.49. The largest absolute Gasteiger partial charge is 0.370 e. The van der Waals surface area contributed by atoms with Gasteiger partial charge in [-0.05, 0) is 25.8 Å². The Morgan fingerprint density at radius 1 is 1.05 bits per heavy atom. The fraction of sp³-hybridized carbons (Fsp3) is 0.412. The molecule has 0 atom stereocenters. The first kappa shape index (κ1) is 15.3. The van der Waals surface area contributed by atoms with Gasteiger partial charge in [-0.1, -0.05) is 37.3 Å². The summed E-state index contributed by atoms with van der Waals surface area (Å²) in [4.78, 5) is 11.2. The predicted octanol–water partition coefficient (Wildman–Crippen LogP) is 3.50. The van der Waals surface area contributed by atoms with Crippen LogP contribution in [0.5, 0.6) is 0 Å². The van der Waals surface area contributed by atoms with Crippen molar-refractivity contribution in [2.45, 2.75) is 33.7 Å². The summed E-state index contributed by atoms with van der Waals surface area (Å²) < 4.78 is 0. The van der Waals surface area contributed by atoms with Crippen LogP contribution in [0.3, 0.4) is 0 Å². The number of anilines is 2. The fourth-order valence-corrected chi connectivity index (χ4v) is 2.46.